The van der Waals surface area contributed by atoms with Crippen molar-refractivity contribution >= 4 is 17.5 Å². The van der Waals surface area contributed by atoms with Crippen LogP contribution in [0.5, 0.6) is 5.75 Å². The van der Waals surface area contributed by atoms with Crippen molar-refractivity contribution in [3.63, 3.8) is 0 Å². The van der Waals surface area contributed by atoms with Crippen LogP contribution >= 0.6 is 0 Å². The minimum atomic E-state index is -0.130. The van der Waals surface area contributed by atoms with Crippen molar-refractivity contribution in [3.05, 3.63) is 24.3 Å². The van der Waals surface area contributed by atoms with E-state index in [-0.39, 0.29) is 24.3 Å². The molecule has 6 nitrogen and oxygen atoms in total. The van der Waals surface area contributed by atoms with Crippen LogP contribution in [0.4, 0.5) is 5.69 Å². The zero-order valence-electron chi connectivity index (χ0n) is 12.2. The largest absolute Gasteiger partial charge is 0.482 e. The fourth-order valence-electron chi connectivity index (χ4n) is 2.46. The summed E-state index contributed by atoms with van der Waals surface area (Å²) in [6.45, 7) is 1.06. The van der Waals surface area contributed by atoms with Gasteiger partial charge in [-0.2, -0.15) is 0 Å². The van der Waals surface area contributed by atoms with Crippen LogP contribution in [0.25, 0.3) is 0 Å². The number of rotatable bonds is 4. The number of amides is 2. The van der Waals surface area contributed by atoms with E-state index in [9.17, 15) is 9.59 Å². The number of nitrogens with two attached hydrogens (primary N) is 1. The van der Waals surface area contributed by atoms with Gasteiger partial charge in [0.25, 0.3) is 5.91 Å². The number of nitrogens with zero attached hydrogens (tertiary/aromatic N) is 1. The Morgan fingerprint density at radius 1 is 1.43 bits per heavy atom. The number of anilines is 1. The second-order valence-corrected chi connectivity index (χ2v) is 5.12. The maximum Gasteiger partial charge on any atom is 0.260 e. The van der Waals surface area contributed by atoms with Crippen LogP contribution in [0.1, 0.15) is 12.8 Å². The fourth-order valence-corrected chi connectivity index (χ4v) is 2.46. The number of carbonyl (C=O) groups excluding carboxylic acids is 2. The molecule has 0 bridgehead atoms. The standard InChI is InChI=1S/C15H21N3O3/c1-17-15(20)11-5-4-8-18(9-11)14(19)10-21-13-7-3-2-6-12(13)16/h2-3,6-7,11H,4-5,8-10,16H2,1H3,(H,17,20). The molecule has 2 amide bonds. The van der Waals surface area contributed by atoms with Gasteiger partial charge in [0.05, 0.1) is 11.6 Å². The van der Waals surface area contributed by atoms with Crippen LogP contribution in [-0.4, -0.2) is 43.5 Å². The number of piperidine rings is 1. The molecule has 0 saturated carbocycles. The van der Waals surface area contributed by atoms with Crippen LogP contribution in [0, 0.1) is 5.92 Å². The Morgan fingerprint density at radius 2 is 2.19 bits per heavy atom. The molecule has 1 unspecified atom stereocenters. The molecule has 1 aromatic carbocycles. The number of hydrogen-bond acceptors (Lipinski definition) is 4. The van der Waals surface area contributed by atoms with Crippen LogP contribution in [-0.2, 0) is 9.59 Å². The third-order valence-electron chi connectivity index (χ3n) is 3.66. The number of para-hydroxylation sites is 2. The second-order valence-electron chi connectivity index (χ2n) is 5.12. The molecule has 114 valence electrons. The summed E-state index contributed by atoms with van der Waals surface area (Å²) in [6, 6.07) is 7.07. The van der Waals surface area contributed by atoms with Gasteiger partial charge in [-0.3, -0.25) is 9.59 Å². The average molecular weight is 291 g/mol. The maximum absolute atomic E-state index is 12.2. The van der Waals surface area contributed by atoms with Gasteiger partial charge in [0.15, 0.2) is 6.61 Å². The lowest BCUT2D eigenvalue weighted by atomic mass is 9.97. The van der Waals surface area contributed by atoms with Crippen molar-refractivity contribution in [2.24, 2.45) is 5.92 Å². The van der Waals surface area contributed by atoms with E-state index in [0.717, 1.165) is 12.8 Å². The van der Waals surface area contributed by atoms with Crippen LogP contribution in [0.15, 0.2) is 24.3 Å². The predicted octanol–water partition coefficient (Wildman–Crippen LogP) is 0.632. The fraction of sp³-hybridized carbons (Fsp3) is 0.467. The number of likely N-dealkylation sites (tertiary alicyclic amines) is 1. The van der Waals surface area contributed by atoms with Gasteiger partial charge in [-0.25, -0.2) is 0 Å². The van der Waals surface area contributed by atoms with Gasteiger partial charge < -0.3 is 20.7 Å². The van der Waals surface area contributed by atoms with E-state index in [1.54, 1.807) is 30.1 Å². The first-order chi connectivity index (χ1) is 10.1. The van der Waals surface area contributed by atoms with Gasteiger partial charge in [-0.1, -0.05) is 12.1 Å². The highest BCUT2D eigenvalue weighted by molar-refractivity contribution is 5.81. The summed E-state index contributed by atoms with van der Waals surface area (Å²) < 4.78 is 5.46. The third kappa shape index (κ3) is 3.87. The monoisotopic (exact) mass is 291 g/mol. The molecule has 1 saturated heterocycles. The average Bonchev–Trinajstić information content (AvgIpc) is 2.53. The van der Waals surface area contributed by atoms with E-state index in [0.29, 0.717) is 24.5 Å². The van der Waals surface area contributed by atoms with Crippen LogP contribution in [0.3, 0.4) is 0 Å². The molecule has 0 aliphatic carbocycles. The van der Waals surface area contributed by atoms with Gasteiger partial charge in [0.2, 0.25) is 5.91 Å². The van der Waals surface area contributed by atoms with Gasteiger partial charge in [0.1, 0.15) is 5.75 Å². The first-order valence-corrected chi connectivity index (χ1v) is 7.08. The van der Waals surface area contributed by atoms with Crippen molar-refractivity contribution in [2.45, 2.75) is 12.8 Å². The molecule has 6 heteroatoms. The minimum Gasteiger partial charge on any atom is -0.482 e. The summed E-state index contributed by atoms with van der Waals surface area (Å²) in [5.41, 5.74) is 6.27. The van der Waals surface area contributed by atoms with Crippen molar-refractivity contribution in [1.29, 1.82) is 0 Å². The van der Waals surface area contributed by atoms with E-state index in [4.69, 9.17) is 10.5 Å². The van der Waals surface area contributed by atoms with Gasteiger partial charge in [0, 0.05) is 20.1 Å². The third-order valence-corrected chi connectivity index (χ3v) is 3.66. The zero-order chi connectivity index (χ0) is 15.2. The molecule has 0 radical (unpaired) electrons. The molecule has 1 aromatic rings. The van der Waals surface area contributed by atoms with E-state index < -0.39 is 0 Å². The quantitative estimate of drug-likeness (QED) is 0.797. The van der Waals surface area contributed by atoms with Crippen molar-refractivity contribution in [2.75, 3.05) is 32.5 Å². The summed E-state index contributed by atoms with van der Waals surface area (Å²) >= 11 is 0. The lowest BCUT2D eigenvalue weighted by Gasteiger charge is -2.31. The van der Waals surface area contributed by atoms with Crippen LogP contribution in [0.2, 0.25) is 0 Å². The Morgan fingerprint density at radius 3 is 2.90 bits per heavy atom. The van der Waals surface area contributed by atoms with Crippen molar-refractivity contribution < 1.29 is 14.3 Å². The first kappa shape index (κ1) is 15.2. The molecule has 0 aromatic heterocycles. The molecule has 21 heavy (non-hydrogen) atoms. The number of carbonyl (C=O) groups is 2. The molecule has 2 rings (SSSR count). The number of hydrogen-bond donors (Lipinski definition) is 2. The molecule has 3 N–H and O–H groups in total. The summed E-state index contributed by atoms with van der Waals surface area (Å²) in [4.78, 5) is 25.5. The number of benzene rings is 1. The Hall–Kier alpha value is -2.24. The first-order valence-electron chi connectivity index (χ1n) is 7.08. The van der Waals surface area contributed by atoms with Gasteiger partial charge in [-0.05, 0) is 25.0 Å². The number of nitrogens with one attached hydrogen (secondary N) is 1. The van der Waals surface area contributed by atoms with E-state index in [2.05, 4.69) is 5.32 Å². The predicted molar refractivity (Wildman–Crippen MR) is 79.7 cm³/mol. The minimum absolute atomic E-state index is 0.0132. The lowest BCUT2D eigenvalue weighted by Crippen LogP contribution is -2.46. The number of ether oxygens (including phenoxy) is 1. The maximum atomic E-state index is 12.2. The Bertz CT molecular complexity index is 519. The highest BCUT2D eigenvalue weighted by Gasteiger charge is 2.27. The summed E-state index contributed by atoms with van der Waals surface area (Å²) in [6.07, 6.45) is 1.65. The zero-order valence-corrected chi connectivity index (χ0v) is 12.2. The molecule has 1 fully saturated rings. The molecular weight excluding hydrogens is 270 g/mol. The van der Waals surface area contributed by atoms with E-state index >= 15 is 0 Å². The van der Waals surface area contributed by atoms with E-state index in [1.807, 2.05) is 6.07 Å². The molecule has 1 heterocycles. The Balaban J connectivity index is 1.88. The summed E-state index contributed by atoms with van der Waals surface area (Å²) in [7, 11) is 1.62. The smallest absolute Gasteiger partial charge is 0.260 e. The van der Waals surface area contributed by atoms with Crippen molar-refractivity contribution in [3.8, 4) is 5.75 Å². The molecular formula is C15H21N3O3. The molecule has 1 atom stereocenters. The SMILES string of the molecule is CNC(=O)C1CCCN(C(=O)COc2ccccc2N)C1. The van der Waals surface area contributed by atoms with Gasteiger partial charge >= 0.3 is 0 Å². The highest BCUT2D eigenvalue weighted by atomic mass is 16.5. The highest BCUT2D eigenvalue weighted by Crippen LogP contribution is 2.20. The Kier molecular flexibility index (Phi) is 5.03. The van der Waals surface area contributed by atoms with E-state index in [1.165, 1.54) is 0 Å². The second kappa shape index (κ2) is 6.97. The van der Waals surface area contributed by atoms with Crippen molar-refractivity contribution in [1.82, 2.24) is 10.2 Å². The number of nitrogen functional groups attached to an aromatic ring is 1. The van der Waals surface area contributed by atoms with Gasteiger partial charge in [-0.15, -0.1) is 0 Å². The lowest BCUT2D eigenvalue weighted by molar-refractivity contribution is -0.137. The Labute approximate surface area is 124 Å². The summed E-state index contributed by atoms with van der Waals surface area (Å²) in [5, 5.41) is 2.63. The molecule has 1 aliphatic heterocycles. The molecule has 1 aliphatic rings. The normalized spacial score (nSPS) is 18.1. The topological polar surface area (TPSA) is 84.7 Å². The molecule has 0 spiro atoms. The summed E-state index contributed by atoms with van der Waals surface area (Å²) in [5.74, 6) is 0.243. The van der Waals surface area contributed by atoms with Crippen LogP contribution < -0.4 is 15.8 Å².